The average molecular weight is 596 g/mol. The van der Waals surface area contributed by atoms with Crippen molar-refractivity contribution in [1.29, 1.82) is 0 Å². The van der Waals surface area contributed by atoms with Crippen LogP contribution in [0.15, 0.2) is 60.7 Å². The van der Waals surface area contributed by atoms with Gasteiger partial charge >= 0.3 is 21.1 Å². The summed E-state index contributed by atoms with van der Waals surface area (Å²) in [6.07, 6.45) is 7.35. The Kier molecular flexibility index (Phi) is 6.43. The second-order valence-corrected chi connectivity index (χ2v) is 8.56. The number of halogens is 2. The van der Waals surface area contributed by atoms with E-state index in [-0.39, 0.29) is 32.0 Å². The summed E-state index contributed by atoms with van der Waals surface area (Å²) in [5.74, 6) is -1.35. The first-order valence-corrected chi connectivity index (χ1v) is 9.83. The SMILES string of the molecule is CC1(C)C=C[C-]=C1c1cccc(C(C)(C)c2cccc(-c3[c-]cc(F)cc3F)n2)n1.[Pt+2]. The van der Waals surface area contributed by atoms with Crippen LogP contribution in [0.2, 0.25) is 0 Å². The van der Waals surface area contributed by atoms with Crippen LogP contribution in [0.3, 0.4) is 0 Å². The number of nitrogens with zero attached hydrogens (tertiary/aromatic N) is 2. The molecule has 0 N–H and O–H groups in total. The molecular weight excluding hydrogens is 573 g/mol. The van der Waals surface area contributed by atoms with Gasteiger partial charge in [-0.25, -0.2) is 0 Å². The molecule has 160 valence electrons. The Balaban J connectivity index is 0.00000272. The maximum absolute atomic E-state index is 14.2. The van der Waals surface area contributed by atoms with E-state index >= 15 is 0 Å². The third kappa shape index (κ3) is 4.45. The third-order valence-electron chi connectivity index (χ3n) is 5.52. The van der Waals surface area contributed by atoms with Gasteiger partial charge in [0.05, 0.1) is 0 Å². The van der Waals surface area contributed by atoms with E-state index in [4.69, 9.17) is 4.98 Å². The van der Waals surface area contributed by atoms with Gasteiger partial charge in [0.2, 0.25) is 0 Å². The predicted molar refractivity (Wildman–Crippen MR) is 114 cm³/mol. The standard InChI is InChI=1S/C26H22F2N2.Pt/c1-25(2)15-7-8-19(25)22-10-6-12-24(30-22)26(3,4)23-11-5-9-21(29-23)18-14-13-17(27)16-20(18)28;/h5-7,9-13,15-16H,1-4H3;/q-2;+2. The molecule has 0 atom stereocenters. The van der Waals surface area contributed by atoms with Crippen LogP contribution in [0, 0.1) is 29.2 Å². The Morgan fingerprint density at radius 3 is 2.13 bits per heavy atom. The van der Waals surface area contributed by atoms with Crippen LogP contribution in [0.5, 0.6) is 0 Å². The predicted octanol–water partition coefficient (Wildman–Crippen LogP) is 6.33. The van der Waals surface area contributed by atoms with Gasteiger partial charge in [0, 0.05) is 28.4 Å². The Bertz CT molecular complexity index is 1180. The zero-order valence-electron chi connectivity index (χ0n) is 17.7. The van der Waals surface area contributed by atoms with Gasteiger partial charge in [0.1, 0.15) is 0 Å². The molecule has 5 heteroatoms. The van der Waals surface area contributed by atoms with Gasteiger partial charge in [-0.2, -0.15) is 18.2 Å². The van der Waals surface area contributed by atoms with Gasteiger partial charge in [-0.3, -0.25) is 8.78 Å². The third-order valence-corrected chi connectivity index (χ3v) is 5.52. The van der Waals surface area contributed by atoms with E-state index in [9.17, 15) is 8.78 Å². The zero-order valence-corrected chi connectivity index (χ0v) is 20.0. The molecule has 2 aromatic heterocycles. The molecule has 0 saturated carbocycles. The number of hydrogen-bond donors (Lipinski definition) is 0. The molecule has 3 aromatic rings. The maximum atomic E-state index is 14.2. The molecule has 0 bridgehead atoms. The quantitative estimate of drug-likeness (QED) is 0.330. The number of benzene rings is 1. The summed E-state index contributed by atoms with van der Waals surface area (Å²) in [6, 6.07) is 16.0. The topological polar surface area (TPSA) is 25.8 Å². The number of pyridine rings is 2. The van der Waals surface area contributed by atoms with Crippen molar-refractivity contribution in [2.24, 2.45) is 5.41 Å². The molecule has 1 aromatic carbocycles. The van der Waals surface area contributed by atoms with E-state index in [1.807, 2.05) is 50.3 Å². The minimum absolute atomic E-state index is 0. The molecule has 2 heterocycles. The molecule has 1 aliphatic carbocycles. The van der Waals surface area contributed by atoms with Gasteiger partial charge in [0.15, 0.2) is 0 Å². The van der Waals surface area contributed by atoms with Crippen LogP contribution >= 0.6 is 0 Å². The maximum Gasteiger partial charge on any atom is 2.00 e. The number of allylic oxidation sites excluding steroid dienone is 4. The van der Waals surface area contributed by atoms with Gasteiger partial charge < -0.3 is 9.97 Å². The molecule has 0 spiro atoms. The summed E-state index contributed by atoms with van der Waals surface area (Å²) in [4.78, 5) is 9.59. The first kappa shape index (κ1) is 23.2. The van der Waals surface area contributed by atoms with Crippen molar-refractivity contribution in [2.75, 3.05) is 0 Å². The Labute approximate surface area is 196 Å². The monoisotopic (exact) mass is 595 g/mol. The fourth-order valence-electron chi connectivity index (χ4n) is 3.62. The van der Waals surface area contributed by atoms with Crippen LogP contribution in [0.1, 0.15) is 44.8 Å². The van der Waals surface area contributed by atoms with Crippen molar-refractivity contribution in [3.8, 4) is 11.3 Å². The van der Waals surface area contributed by atoms with Gasteiger partial charge in [-0.05, 0) is 37.4 Å². The molecule has 4 rings (SSSR count). The molecule has 1 aliphatic rings. The molecular formula is C26H22F2N2Pt. The van der Waals surface area contributed by atoms with Crippen LogP contribution in [-0.2, 0) is 26.5 Å². The fourth-order valence-corrected chi connectivity index (χ4v) is 3.62. The molecule has 31 heavy (non-hydrogen) atoms. The largest absolute Gasteiger partial charge is 2.00 e. The van der Waals surface area contributed by atoms with Crippen molar-refractivity contribution in [1.82, 2.24) is 9.97 Å². The van der Waals surface area contributed by atoms with E-state index in [0.29, 0.717) is 5.69 Å². The Morgan fingerprint density at radius 1 is 0.935 bits per heavy atom. The zero-order chi connectivity index (χ0) is 21.5. The second-order valence-electron chi connectivity index (χ2n) is 8.56. The van der Waals surface area contributed by atoms with Crippen LogP contribution < -0.4 is 0 Å². The van der Waals surface area contributed by atoms with Crippen molar-refractivity contribution in [2.45, 2.75) is 33.1 Å². The van der Waals surface area contributed by atoms with Crippen molar-refractivity contribution >= 4 is 5.57 Å². The summed E-state index contributed by atoms with van der Waals surface area (Å²) >= 11 is 0. The average Bonchev–Trinajstić information content (AvgIpc) is 3.07. The number of aromatic nitrogens is 2. The molecule has 0 radical (unpaired) electrons. The molecule has 0 unspecified atom stereocenters. The van der Waals surface area contributed by atoms with Gasteiger partial charge in [-0.1, -0.05) is 55.2 Å². The van der Waals surface area contributed by atoms with E-state index in [2.05, 4.69) is 37.0 Å². The summed E-state index contributed by atoms with van der Waals surface area (Å²) in [6.45, 7) is 8.34. The molecule has 0 fully saturated rings. The summed E-state index contributed by atoms with van der Waals surface area (Å²) < 4.78 is 27.5. The Morgan fingerprint density at radius 2 is 1.55 bits per heavy atom. The van der Waals surface area contributed by atoms with Crippen LogP contribution in [0.4, 0.5) is 8.78 Å². The fraction of sp³-hybridized carbons (Fsp3) is 0.231. The van der Waals surface area contributed by atoms with Crippen molar-refractivity contribution in [3.05, 3.63) is 102 Å². The molecule has 2 nitrogen and oxygen atoms in total. The molecule has 0 saturated heterocycles. The number of rotatable bonds is 4. The van der Waals surface area contributed by atoms with E-state index in [0.717, 1.165) is 34.8 Å². The number of hydrogen-bond acceptors (Lipinski definition) is 2. The molecule has 0 aliphatic heterocycles. The summed E-state index contributed by atoms with van der Waals surface area (Å²) in [5, 5.41) is 0. The first-order chi connectivity index (χ1) is 14.2. The van der Waals surface area contributed by atoms with Crippen LogP contribution in [0.25, 0.3) is 16.8 Å². The van der Waals surface area contributed by atoms with Crippen LogP contribution in [-0.4, -0.2) is 9.97 Å². The van der Waals surface area contributed by atoms with E-state index < -0.39 is 17.0 Å². The summed E-state index contributed by atoms with van der Waals surface area (Å²) in [7, 11) is 0. The van der Waals surface area contributed by atoms with Crippen molar-refractivity contribution < 1.29 is 29.8 Å². The van der Waals surface area contributed by atoms with Gasteiger partial charge in [-0.15, -0.1) is 17.7 Å². The normalized spacial score (nSPS) is 14.8. The van der Waals surface area contributed by atoms with E-state index in [1.165, 1.54) is 0 Å². The molecule has 0 amide bonds. The van der Waals surface area contributed by atoms with Crippen molar-refractivity contribution in [3.63, 3.8) is 0 Å². The second kappa shape index (κ2) is 8.59. The minimum Gasteiger partial charge on any atom is -0.316 e. The van der Waals surface area contributed by atoms with E-state index in [1.54, 1.807) is 6.07 Å². The first-order valence-electron chi connectivity index (χ1n) is 9.83. The summed E-state index contributed by atoms with van der Waals surface area (Å²) in [5.41, 5.74) is 3.42. The smallest absolute Gasteiger partial charge is 0.316 e. The van der Waals surface area contributed by atoms with Gasteiger partial charge in [0.25, 0.3) is 0 Å². The Hall–Kier alpha value is -2.45. The minimum atomic E-state index is -0.684.